The average molecular weight is 365 g/mol. The van der Waals surface area contributed by atoms with Crippen LogP contribution in [0.5, 0.6) is 0 Å². The summed E-state index contributed by atoms with van der Waals surface area (Å²) in [7, 11) is 5.72. The zero-order valence-corrected chi connectivity index (χ0v) is 16.1. The van der Waals surface area contributed by atoms with Crippen LogP contribution in [0, 0.1) is 0 Å². The van der Waals surface area contributed by atoms with Crippen molar-refractivity contribution in [1.82, 2.24) is 35.3 Å². The minimum Gasteiger partial charge on any atom is -0.383 e. The van der Waals surface area contributed by atoms with Gasteiger partial charge in [0.1, 0.15) is 5.54 Å². The first-order valence-electron chi connectivity index (χ1n) is 9.55. The van der Waals surface area contributed by atoms with E-state index in [4.69, 9.17) is 4.74 Å². The predicted octanol–water partition coefficient (Wildman–Crippen LogP) is 0.824. The van der Waals surface area contributed by atoms with Gasteiger partial charge >= 0.3 is 6.03 Å². The average Bonchev–Trinajstić information content (AvgIpc) is 3.28. The van der Waals surface area contributed by atoms with Crippen LogP contribution in [-0.4, -0.2) is 83.0 Å². The molecule has 1 N–H and O–H groups in total. The lowest BCUT2D eigenvalue weighted by Gasteiger charge is -2.35. The summed E-state index contributed by atoms with van der Waals surface area (Å²) in [5, 5.41) is 15.5. The third kappa shape index (κ3) is 3.83. The van der Waals surface area contributed by atoms with Crippen LogP contribution < -0.4 is 5.32 Å². The third-order valence-electron chi connectivity index (χ3n) is 5.78. The smallest absolute Gasteiger partial charge is 0.317 e. The molecule has 2 amide bonds. The molecule has 0 radical (unpaired) electrons. The zero-order valence-electron chi connectivity index (χ0n) is 16.1. The number of rotatable bonds is 6. The van der Waals surface area contributed by atoms with Gasteiger partial charge in [-0.1, -0.05) is 19.3 Å². The van der Waals surface area contributed by atoms with Crippen LogP contribution in [0.3, 0.4) is 0 Å². The summed E-state index contributed by atoms with van der Waals surface area (Å²) < 4.78 is 6.96. The molecule has 1 saturated heterocycles. The standard InChI is InChI=1S/C17H31N7O2/c1-22(2)17(15-19-20-21-24(15)11-12-26-3)9-10-23(13-17)16(25)18-14-7-5-4-6-8-14/h14H,4-13H2,1-3H3,(H,18,25). The molecule has 0 bridgehead atoms. The Morgan fingerprint density at radius 3 is 2.81 bits per heavy atom. The Balaban J connectivity index is 1.71. The van der Waals surface area contributed by atoms with Gasteiger partial charge in [-0.25, -0.2) is 9.48 Å². The minimum absolute atomic E-state index is 0.0385. The third-order valence-corrected chi connectivity index (χ3v) is 5.78. The summed E-state index contributed by atoms with van der Waals surface area (Å²) in [4.78, 5) is 16.8. The van der Waals surface area contributed by atoms with Crippen molar-refractivity contribution in [2.75, 3.05) is 40.9 Å². The van der Waals surface area contributed by atoms with E-state index in [9.17, 15) is 4.79 Å². The first-order valence-corrected chi connectivity index (χ1v) is 9.55. The molecular formula is C17H31N7O2. The van der Waals surface area contributed by atoms with Crippen LogP contribution in [0.15, 0.2) is 0 Å². The number of nitrogens with zero attached hydrogens (tertiary/aromatic N) is 6. The molecule has 1 aromatic heterocycles. The van der Waals surface area contributed by atoms with Crippen LogP contribution in [0.2, 0.25) is 0 Å². The second-order valence-electron chi connectivity index (χ2n) is 7.60. The van der Waals surface area contributed by atoms with Crippen molar-refractivity contribution in [3.8, 4) is 0 Å². The number of hydrogen-bond donors (Lipinski definition) is 1. The molecule has 2 heterocycles. The molecule has 1 aromatic rings. The molecule has 1 saturated carbocycles. The molecule has 26 heavy (non-hydrogen) atoms. The van der Waals surface area contributed by atoms with E-state index in [1.165, 1.54) is 19.3 Å². The first-order chi connectivity index (χ1) is 12.6. The van der Waals surface area contributed by atoms with Crippen molar-refractivity contribution in [3.63, 3.8) is 0 Å². The van der Waals surface area contributed by atoms with Gasteiger partial charge in [-0.3, -0.25) is 4.90 Å². The monoisotopic (exact) mass is 365 g/mol. The molecule has 1 unspecified atom stereocenters. The van der Waals surface area contributed by atoms with E-state index >= 15 is 0 Å². The molecule has 1 atom stereocenters. The highest BCUT2D eigenvalue weighted by Crippen LogP contribution is 2.35. The van der Waals surface area contributed by atoms with Crippen molar-refractivity contribution in [1.29, 1.82) is 0 Å². The van der Waals surface area contributed by atoms with Crippen LogP contribution in [-0.2, 0) is 16.8 Å². The fourth-order valence-electron chi connectivity index (χ4n) is 4.09. The molecule has 0 aromatic carbocycles. The number of hydrogen-bond acceptors (Lipinski definition) is 6. The van der Waals surface area contributed by atoms with Crippen molar-refractivity contribution >= 4 is 6.03 Å². The number of likely N-dealkylation sites (N-methyl/N-ethyl adjacent to an activating group) is 1. The first kappa shape index (κ1) is 19.0. The van der Waals surface area contributed by atoms with Gasteiger partial charge in [0.15, 0.2) is 5.82 Å². The van der Waals surface area contributed by atoms with E-state index in [-0.39, 0.29) is 11.6 Å². The van der Waals surface area contributed by atoms with E-state index < -0.39 is 0 Å². The summed E-state index contributed by atoms with van der Waals surface area (Å²) in [5.74, 6) is 0.799. The van der Waals surface area contributed by atoms with Crippen molar-refractivity contribution < 1.29 is 9.53 Å². The SMILES string of the molecule is COCCn1nnnc1C1(N(C)C)CCN(C(=O)NC2CCCCC2)C1. The Hall–Kier alpha value is -1.74. The molecule has 9 nitrogen and oxygen atoms in total. The van der Waals surface area contributed by atoms with Gasteiger partial charge in [-0.05, 0) is 43.8 Å². The quantitative estimate of drug-likeness (QED) is 0.803. The Kier molecular flexibility index (Phi) is 6.08. The molecule has 3 rings (SSSR count). The lowest BCUT2D eigenvalue weighted by molar-refractivity contribution is 0.130. The van der Waals surface area contributed by atoms with E-state index in [1.54, 1.807) is 11.8 Å². The van der Waals surface area contributed by atoms with Crippen molar-refractivity contribution in [2.24, 2.45) is 0 Å². The number of tetrazole rings is 1. The second-order valence-corrected chi connectivity index (χ2v) is 7.60. The van der Waals surface area contributed by atoms with Crippen LogP contribution in [0.4, 0.5) is 4.79 Å². The van der Waals surface area contributed by atoms with E-state index in [1.807, 2.05) is 19.0 Å². The summed E-state index contributed by atoms with van der Waals surface area (Å²) in [6.07, 6.45) is 6.69. The number of methoxy groups -OCH3 is 1. The Labute approximate surface area is 155 Å². The molecule has 1 aliphatic heterocycles. The summed E-state index contributed by atoms with van der Waals surface area (Å²) >= 11 is 0. The maximum absolute atomic E-state index is 12.8. The number of carbonyl (C=O) groups is 1. The highest BCUT2D eigenvalue weighted by Gasteiger charge is 2.47. The van der Waals surface area contributed by atoms with Crippen LogP contribution in [0.25, 0.3) is 0 Å². The molecular weight excluding hydrogens is 334 g/mol. The zero-order chi connectivity index (χ0) is 18.6. The van der Waals surface area contributed by atoms with E-state index in [2.05, 4.69) is 25.7 Å². The molecule has 2 fully saturated rings. The number of carbonyl (C=O) groups excluding carboxylic acids is 1. The highest BCUT2D eigenvalue weighted by atomic mass is 16.5. The lowest BCUT2D eigenvalue weighted by Crippen LogP contribution is -2.49. The molecule has 2 aliphatic rings. The van der Waals surface area contributed by atoms with E-state index in [0.717, 1.165) is 25.1 Å². The number of urea groups is 1. The van der Waals surface area contributed by atoms with Gasteiger partial charge in [0.05, 0.1) is 13.2 Å². The number of nitrogens with one attached hydrogen (secondary N) is 1. The lowest BCUT2D eigenvalue weighted by atomic mass is 9.95. The topological polar surface area (TPSA) is 88.4 Å². The summed E-state index contributed by atoms with van der Waals surface area (Å²) in [6.45, 7) is 2.44. The number of likely N-dealkylation sites (tertiary alicyclic amines) is 1. The highest BCUT2D eigenvalue weighted by molar-refractivity contribution is 5.75. The number of ether oxygens (including phenoxy) is 1. The maximum atomic E-state index is 12.8. The van der Waals surface area contributed by atoms with Gasteiger partial charge in [0, 0.05) is 26.2 Å². The summed E-state index contributed by atoms with van der Waals surface area (Å²) in [5.41, 5.74) is -0.374. The summed E-state index contributed by atoms with van der Waals surface area (Å²) in [6, 6.07) is 0.356. The molecule has 1 aliphatic carbocycles. The van der Waals surface area contributed by atoms with Crippen molar-refractivity contribution in [2.45, 2.75) is 56.7 Å². The number of aromatic nitrogens is 4. The van der Waals surface area contributed by atoms with E-state index in [0.29, 0.717) is 32.3 Å². The van der Waals surface area contributed by atoms with Gasteiger partial charge in [-0.2, -0.15) is 0 Å². The number of amides is 2. The van der Waals surface area contributed by atoms with Gasteiger partial charge < -0.3 is 15.0 Å². The minimum atomic E-state index is -0.374. The molecule has 146 valence electrons. The second kappa shape index (κ2) is 8.30. The normalized spacial score (nSPS) is 24.4. The van der Waals surface area contributed by atoms with Gasteiger partial charge in [-0.15, -0.1) is 5.10 Å². The Bertz CT molecular complexity index is 600. The molecule has 0 spiro atoms. The predicted molar refractivity (Wildman–Crippen MR) is 96.7 cm³/mol. The van der Waals surface area contributed by atoms with Gasteiger partial charge in [0.2, 0.25) is 0 Å². The molecule has 9 heteroatoms. The van der Waals surface area contributed by atoms with Crippen LogP contribution >= 0.6 is 0 Å². The maximum Gasteiger partial charge on any atom is 0.317 e. The van der Waals surface area contributed by atoms with Crippen molar-refractivity contribution in [3.05, 3.63) is 5.82 Å². The van der Waals surface area contributed by atoms with Gasteiger partial charge in [0.25, 0.3) is 0 Å². The Morgan fingerprint density at radius 2 is 2.12 bits per heavy atom. The fourth-order valence-corrected chi connectivity index (χ4v) is 4.09. The largest absolute Gasteiger partial charge is 0.383 e. The Morgan fingerprint density at radius 1 is 1.35 bits per heavy atom. The fraction of sp³-hybridized carbons (Fsp3) is 0.882. The van der Waals surface area contributed by atoms with Crippen LogP contribution in [0.1, 0.15) is 44.3 Å².